The number of hydrogen-bond acceptors (Lipinski definition) is 3. The Morgan fingerprint density at radius 1 is 1.04 bits per heavy atom. The molecule has 0 radical (unpaired) electrons. The number of benzene rings is 1. The lowest BCUT2D eigenvalue weighted by Gasteiger charge is -2.39. The summed E-state index contributed by atoms with van der Waals surface area (Å²) < 4.78 is 40.5. The number of anilines is 1. The highest BCUT2D eigenvalue weighted by Crippen LogP contribution is 2.53. The van der Waals surface area contributed by atoms with Crippen molar-refractivity contribution in [2.75, 3.05) is 11.4 Å². The third-order valence-corrected chi connectivity index (χ3v) is 5.75. The van der Waals surface area contributed by atoms with Crippen LogP contribution in [0.5, 0.6) is 0 Å². The Bertz CT molecular complexity index is 847. The van der Waals surface area contributed by atoms with Gasteiger partial charge in [0.2, 0.25) is 5.95 Å². The Hall–Kier alpha value is -2.11. The van der Waals surface area contributed by atoms with E-state index in [9.17, 15) is 13.2 Å². The van der Waals surface area contributed by atoms with Crippen molar-refractivity contribution in [1.82, 2.24) is 9.97 Å². The van der Waals surface area contributed by atoms with Crippen LogP contribution in [0.2, 0.25) is 0 Å². The molecule has 3 nitrogen and oxygen atoms in total. The Labute approximate surface area is 157 Å². The van der Waals surface area contributed by atoms with E-state index in [1.807, 2.05) is 11.0 Å². The van der Waals surface area contributed by atoms with Crippen LogP contribution in [0.4, 0.5) is 19.1 Å². The summed E-state index contributed by atoms with van der Waals surface area (Å²) >= 11 is 0. The standard InChI is InChI=1S/C21H24F3N3/c1-19(2)10-15-11-20(3,12-19)13-27(15)18-25-16(14-7-5-4-6-8-14)9-17(26-18)21(22,23)24/h4-9,15H,10-13H2,1-3H3. The summed E-state index contributed by atoms with van der Waals surface area (Å²) in [6.45, 7) is 7.41. The molecule has 1 aliphatic carbocycles. The first-order chi connectivity index (χ1) is 12.5. The van der Waals surface area contributed by atoms with Gasteiger partial charge in [0.1, 0.15) is 0 Å². The van der Waals surface area contributed by atoms with Gasteiger partial charge in [0, 0.05) is 18.2 Å². The van der Waals surface area contributed by atoms with Gasteiger partial charge in [-0.2, -0.15) is 13.2 Å². The molecule has 1 saturated carbocycles. The number of halogens is 3. The normalized spacial score (nSPS) is 27.0. The predicted molar refractivity (Wildman–Crippen MR) is 99.3 cm³/mol. The van der Waals surface area contributed by atoms with Crippen molar-refractivity contribution < 1.29 is 13.2 Å². The number of hydrogen-bond donors (Lipinski definition) is 0. The van der Waals surface area contributed by atoms with Gasteiger partial charge in [-0.1, -0.05) is 51.1 Å². The smallest absolute Gasteiger partial charge is 0.337 e. The average Bonchev–Trinajstić information content (AvgIpc) is 2.83. The number of nitrogens with zero attached hydrogens (tertiary/aromatic N) is 3. The predicted octanol–water partition coefficient (Wildman–Crippen LogP) is 5.57. The van der Waals surface area contributed by atoms with Crippen molar-refractivity contribution in [3.05, 3.63) is 42.1 Å². The molecule has 0 amide bonds. The van der Waals surface area contributed by atoms with E-state index < -0.39 is 11.9 Å². The molecule has 2 heterocycles. The Balaban J connectivity index is 1.79. The van der Waals surface area contributed by atoms with Gasteiger partial charge in [0.25, 0.3) is 0 Å². The minimum atomic E-state index is -4.50. The molecule has 1 aliphatic heterocycles. The van der Waals surface area contributed by atoms with Crippen molar-refractivity contribution in [3.63, 3.8) is 0 Å². The minimum absolute atomic E-state index is 0.0942. The van der Waals surface area contributed by atoms with E-state index in [0.29, 0.717) is 17.8 Å². The maximum Gasteiger partial charge on any atom is 0.433 e. The summed E-state index contributed by atoms with van der Waals surface area (Å²) in [4.78, 5) is 10.5. The molecule has 2 aromatic rings. The maximum atomic E-state index is 13.5. The zero-order valence-electron chi connectivity index (χ0n) is 15.8. The monoisotopic (exact) mass is 375 g/mol. The zero-order chi connectivity index (χ0) is 19.4. The fraction of sp³-hybridized carbons (Fsp3) is 0.524. The number of alkyl halides is 3. The highest BCUT2D eigenvalue weighted by molar-refractivity contribution is 5.61. The summed E-state index contributed by atoms with van der Waals surface area (Å²) in [5.41, 5.74) is 0.379. The molecule has 0 N–H and O–H groups in total. The van der Waals surface area contributed by atoms with Crippen molar-refractivity contribution in [2.24, 2.45) is 10.8 Å². The minimum Gasteiger partial charge on any atom is -0.337 e. The molecule has 1 aromatic carbocycles. The van der Waals surface area contributed by atoms with E-state index in [0.717, 1.165) is 25.3 Å². The molecule has 1 saturated heterocycles. The molecule has 2 atom stereocenters. The van der Waals surface area contributed by atoms with Crippen molar-refractivity contribution >= 4 is 5.95 Å². The van der Waals surface area contributed by atoms with Crippen molar-refractivity contribution in [3.8, 4) is 11.3 Å². The molecule has 4 rings (SSSR count). The second kappa shape index (κ2) is 5.94. The van der Waals surface area contributed by atoms with E-state index in [2.05, 4.69) is 30.7 Å². The summed E-state index contributed by atoms with van der Waals surface area (Å²) in [6.07, 6.45) is -1.50. The SMILES string of the molecule is CC1(C)CC2CC(C)(CN2c2nc(-c3ccccc3)cc(C(F)(F)F)n2)C1. The molecule has 0 spiro atoms. The van der Waals surface area contributed by atoms with E-state index in [-0.39, 0.29) is 22.8 Å². The molecular weight excluding hydrogens is 351 g/mol. The first kappa shape index (κ1) is 18.3. The molecule has 144 valence electrons. The van der Waals surface area contributed by atoms with Gasteiger partial charge in [0.15, 0.2) is 5.69 Å². The molecule has 2 aliphatic rings. The van der Waals surface area contributed by atoms with Gasteiger partial charge in [-0.15, -0.1) is 0 Å². The van der Waals surface area contributed by atoms with E-state index in [4.69, 9.17) is 0 Å². The molecular formula is C21H24F3N3. The van der Waals surface area contributed by atoms with E-state index in [1.165, 1.54) is 0 Å². The van der Waals surface area contributed by atoms with Crippen LogP contribution < -0.4 is 4.90 Å². The van der Waals surface area contributed by atoms with Crippen LogP contribution in [-0.2, 0) is 6.18 Å². The van der Waals surface area contributed by atoms with Gasteiger partial charge in [-0.05, 0) is 36.2 Å². The highest BCUT2D eigenvalue weighted by Gasteiger charge is 2.50. The fourth-order valence-corrected chi connectivity index (χ4v) is 5.16. The third kappa shape index (κ3) is 3.54. The average molecular weight is 375 g/mol. The summed E-state index contributed by atoms with van der Waals surface area (Å²) in [7, 11) is 0. The molecule has 1 aromatic heterocycles. The van der Waals surface area contributed by atoms with Crippen LogP contribution in [-0.4, -0.2) is 22.6 Å². The van der Waals surface area contributed by atoms with E-state index >= 15 is 0 Å². The summed E-state index contributed by atoms with van der Waals surface area (Å²) in [6, 6.07) is 10.2. The van der Waals surface area contributed by atoms with Crippen LogP contribution in [0.3, 0.4) is 0 Å². The van der Waals surface area contributed by atoms with Gasteiger partial charge in [-0.25, -0.2) is 9.97 Å². The number of aromatic nitrogens is 2. The quantitative estimate of drug-likeness (QED) is 0.687. The van der Waals surface area contributed by atoms with Crippen molar-refractivity contribution in [2.45, 2.75) is 52.3 Å². The topological polar surface area (TPSA) is 29.0 Å². The lowest BCUT2D eigenvalue weighted by Crippen LogP contribution is -2.35. The lowest BCUT2D eigenvalue weighted by molar-refractivity contribution is -0.141. The number of rotatable bonds is 2. The summed E-state index contributed by atoms with van der Waals surface area (Å²) in [5, 5.41) is 0. The first-order valence-corrected chi connectivity index (χ1v) is 9.33. The Kier molecular flexibility index (Phi) is 4.02. The second-order valence-electron chi connectivity index (χ2n) is 9.14. The van der Waals surface area contributed by atoms with Gasteiger partial charge >= 0.3 is 6.18 Å². The third-order valence-electron chi connectivity index (χ3n) is 5.75. The van der Waals surface area contributed by atoms with Crippen LogP contribution in [0, 0.1) is 10.8 Å². The Morgan fingerprint density at radius 3 is 2.41 bits per heavy atom. The largest absolute Gasteiger partial charge is 0.433 e. The highest BCUT2D eigenvalue weighted by atomic mass is 19.4. The van der Waals surface area contributed by atoms with Crippen LogP contribution in [0.15, 0.2) is 36.4 Å². The number of fused-ring (bicyclic) bond motifs is 2. The lowest BCUT2D eigenvalue weighted by atomic mass is 9.65. The molecule has 2 bridgehead atoms. The fourth-order valence-electron chi connectivity index (χ4n) is 5.16. The molecule has 2 unspecified atom stereocenters. The van der Waals surface area contributed by atoms with Crippen LogP contribution in [0.25, 0.3) is 11.3 Å². The first-order valence-electron chi connectivity index (χ1n) is 9.33. The zero-order valence-corrected chi connectivity index (χ0v) is 15.8. The molecule has 27 heavy (non-hydrogen) atoms. The van der Waals surface area contributed by atoms with Gasteiger partial charge in [0.05, 0.1) is 5.69 Å². The van der Waals surface area contributed by atoms with Crippen LogP contribution in [0.1, 0.15) is 45.7 Å². The maximum absolute atomic E-state index is 13.5. The van der Waals surface area contributed by atoms with Gasteiger partial charge < -0.3 is 4.90 Å². The molecule has 2 fully saturated rings. The Morgan fingerprint density at radius 2 is 1.74 bits per heavy atom. The van der Waals surface area contributed by atoms with Crippen molar-refractivity contribution in [1.29, 1.82) is 0 Å². The molecule has 6 heteroatoms. The second-order valence-corrected chi connectivity index (χ2v) is 9.14. The van der Waals surface area contributed by atoms with Gasteiger partial charge in [-0.3, -0.25) is 0 Å². The van der Waals surface area contributed by atoms with Crippen LogP contribution >= 0.6 is 0 Å². The van der Waals surface area contributed by atoms with E-state index in [1.54, 1.807) is 24.3 Å². The summed E-state index contributed by atoms with van der Waals surface area (Å²) in [5.74, 6) is 0.204.